The number of thioether (sulfide) groups is 1. The molecular weight excluding hydrogens is 380 g/mol. The van der Waals surface area contributed by atoms with Crippen molar-refractivity contribution in [3.05, 3.63) is 70.2 Å². The van der Waals surface area contributed by atoms with Crippen molar-refractivity contribution in [2.75, 3.05) is 0 Å². The van der Waals surface area contributed by atoms with Crippen LogP contribution in [-0.4, -0.2) is 19.7 Å². The molecule has 0 bridgehead atoms. The van der Waals surface area contributed by atoms with Crippen molar-refractivity contribution in [1.82, 2.24) is 19.7 Å². The number of fused-ring (bicyclic) bond motifs is 1. The van der Waals surface area contributed by atoms with E-state index in [0.717, 1.165) is 10.4 Å². The zero-order chi connectivity index (χ0) is 18.8. The summed E-state index contributed by atoms with van der Waals surface area (Å²) in [5.74, 6) is 1.47. The van der Waals surface area contributed by atoms with Gasteiger partial charge in [0.25, 0.3) is 5.56 Å². The first kappa shape index (κ1) is 17.7. The summed E-state index contributed by atoms with van der Waals surface area (Å²) < 4.78 is 6.97. The fraction of sp³-hybridized carbons (Fsp3) is 0.158. The van der Waals surface area contributed by atoms with E-state index in [4.69, 9.17) is 4.52 Å². The average Bonchev–Trinajstić information content (AvgIpc) is 3.33. The monoisotopic (exact) mass is 396 g/mol. The highest BCUT2D eigenvalue weighted by Crippen LogP contribution is 2.25. The van der Waals surface area contributed by atoms with Gasteiger partial charge in [0, 0.05) is 12.1 Å². The lowest BCUT2D eigenvalue weighted by Crippen LogP contribution is -2.22. The molecule has 0 aliphatic heterocycles. The van der Waals surface area contributed by atoms with Crippen molar-refractivity contribution in [2.24, 2.45) is 0 Å². The van der Waals surface area contributed by atoms with Crippen LogP contribution in [0, 0.1) is 6.92 Å². The molecule has 0 spiro atoms. The van der Waals surface area contributed by atoms with E-state index in [1.165, 1.54) is 28.7 Å². The lowest BCUT2D eigenvalue weighted by molar-refractivity contribution is 0.391. The van der Waals surface area contributed by atoms with Crippen molar-refractivity contribution in [3.63, 3.8) is 0 Å². The molecule has 0 amide bonds. The van der Waals surface area contributed by atoms with Gasteiger partial charge in [-0.3, -0.25) is 9.36 Å². The minimum Gasteiger partial charge on any atom is -0.338 e. The third-order valence-corrected chi connectivity index (χ3v) is 5.73. The molecule has 1 aromatic carbocycles. The van der Waals surface area contributed by atoms with Crippen molar-refractivity contribution in [2.45, 2.75) is 24.4 Å². The molecule has 136 valence electrons. The Balaban J connectivity index is 1.58. The molecule has 27 heavy (non-hydrogen) atoms. The molecule has 8 heteroatoms. The van der Waals surface area contributed by atoms with Crippen molar-refractivity contribution in [3.8, 4) is 11.4 Å². The maximum absolute atomic E-state index is 12.6. The van der Waals surface area contributed by atoms with Crippen LogP contribution in [0.5, 0.6) is 0 Å². The van der Waals surface area contributed by atoms with Crippen molar-refractivity contribution in [1.29, 1.82) is 0 Å². The summed E-state index contributed by atoms with van der Waals surface area (Å²) in [6.45, 7) is 6.16. The summed E-state index contributed by atoms with van der Waals surface area (Å²) in [4.78, 5) is 22.4. The number of benzene rings is 1. The van der Waals surface area contributed by atoms with Gasteiger partial charge in [-0.1, -0.05) is 52.8 Å². The normalized spacial score (nSPS) is 11.1. The van der Waals surface area contributed by atoms with Crippen LogP contribution in [-0.2, 0) is 12.3 Å². The first-order valence-corrected chi connectivity index (χ1v) is 10.1. The highest BCUT2D eigenvalue weighted by molar-refractivity contribution is 7.98. The zero-order valence-electron chi connectivity index (χ0n) is 14.6. The van der Waals surface area contributed by atoms with E-state index in [9.17, 15) is 4.79 Å². The molecular formula is C19H16N4O2S2. The third kappa shape index (κ3) is 3.58. The lowest BCUT2D eigenvalue weighted by Gasteiger charge is -2.08. The van der Waals surface area contributed by atoms with Crippen LogP contribution in [0.3, 0.4) is 0 Å². The second kappa shape index (κ2) is 7.50. The minimum absolute atomic E-state index is 0.0606. The Bertz CT molecular complexity index is 1160. The molecule has 4 aromatic rings. The van der Waals surface area contributed by atoms with Crippen molar-refractivity contribution >= 4 is 33.3 Å². The van der Waals surface area contributed by atoms with Crippen LogP contribution in [0.4, 0.5) is 0 Å². The largest absolute Gasteiger partial charge is 0.338 e. The fourth-order valence-corrected chi connectivity index (χ4v) is 4.24. The number of hydrogen-bond acceptors (Lipinski definition) is 7. The Labute approximate surface area is 163 Å². The van der Waals surface area contributed by atoms with Crippen LogP contribution in [0.25, 0.3) is 21.6 Å². The molecule has 6 nitrogen and oxygen atoms in total. The van der Waals surface area contributed by atoms with Crippen LogP contribution < -0.4 is 5.56 Å². The Morgan fingerprint density at radius 2 is 2.07 bits per heavy atom. The summed E-state index contributed by atoms with van der Waals surface area (Å²) in [5.41, 5.74) is 2.02. The Morgan fingerprint density at radius 3 is 2.85 bits per heavy atom. The summed E-state index contributed by atoms with van der Waals surface area (Å²) >= 11 is 2.85. The van der Waals surface area contributed by atoms with E-state index >= 15 is 0 Å². The zero-order valence-corrected chi connectivity index (χ0v) is 16.2. The van der Waals surface area contributed by atoms with Gasteiger partial charge in [-0.25, -0.2) is 4.98 Å². The van der Waals surface area contributed by atoms with Gasteiger partial charge in [0.05, 0.1) is 11.1 Å². The second-order valence-corrected chi connectivity index (χ2v) is 7.74. The topological polar surface area (TPSA) is 73.8 Å². The molecule has 0 atom stereocenters. The number of aromatic nitrogens is 4. The van der Waals surface area contributed by atoms with E-state index in [1.54, 1.807) is 16.7 Å². The molecule has 0 saturated heterocycles. The molecule has 0 aliphatic rings. The Kier molecular flexibility index (Phi) is 4.91. The summed E-state index contributed by atoms with van der Waals surface area (Å²) in [6, 6.07) is 9.74. The minimum atomic E-state index is -0.0606. The molecule has 4 rings (SSSR count). The van der Waals surface area contributed by atoms with Crippen LogP contribution in [0.1, 0.15) is 11.5 Å². The molecule has 0 N–H and O–H groups in total. The number of rotatable bonds is 6. The molecule has 0 radical (unpaired) electrons. The third-order valence-electron chi connectivity index (χ3n) is 3.96. The first-order valence-electron chi connectivity index (χ1n) is 8.27. The number of aryl methyl sites for hydroxylation is 1. The van der Waals surface area contributed by atoms with Crippen LogP contribution in [0.2, 0.25) is 0 Å². The highest BCUT2D eigenvalue weighted by atomic mass is 32.2. The van der Waals surface area contributed by atoms with Gasteiger partial charge in [0.1, 0.15) is 4.83 Å². The van der Waals surface area contributed by atoms with E-state index < -0.39 is 0 Å². The smallest absolute Gasteiger partial charge is 0.263 e. The van der Waals surface area contributed by atoms with Gasteiger partial charge >= 0.3 is 0 Å². The van der Waals surface area contributed by atoms with Crippen LogP contribution >= 0.6 is 23.1 Å². The van der Waals surface area contributed by atoms with Crippen LogP contribution in [0.15, 0.2) is 62.8 Å². The molecule has 0 fully saturated rings. The molecule has 0 unspecified atom stereocenters. The maximum atomic E-state index is 12.6. The van der Waals surface area contributed by atoms with Gasteiger partial charge in [0.2, 0.25) is 11.7 Å². The SMILES string of the molecule is C=CCn1c(SCc2nc(-c3ccc(C)cc3)no2)nc2sccc2c1=O. The van der Waals surface area contributed by atoms with Gasteiger partial charge in [-0.05, 0) is 18.4 Å². The van der Waals surface area contributed by atoms with Gasteiger partial charge in [-0.2, -0.15) is 4.98 Å². The first-order chi connectivity index (χ1) is 13.2. The lowest BCUT2D eigenvalue weighted by atomic mass is 10.1. The number of thiophene rings is 1. The fourth-order valence-electron chi connectivity index (χ4n) is 2.59. The average molecular weight is 396 g/mol. The highest BCUT2D eigenvalue weighted by Gasteiger charge is 2.14. The predicted molar refractivity (Wildman–Crippen MR) is 108 cm³/mol. The number of nitrogens with zero attached hydrogens (tertiary/aromatic N) is 4. The summed E-state index contributed by atoms with van der Waals surface area (Å²) in [5, 5.41) is 7.16. The standard InChI is InChI=1S/C19H16N4O2S2/c1-3-9-23-18(24)14-8-10-26-17(14)21-19(23)27-11-15-20-16(22-25-15)13-6-4-12(2)5-7-13/h3-8,10H,1,9,11H2,2H3. The van der Waals surface area contributed by atoms with E-state index in [2.05, 4.69) is 21.7 Å². The van der Waals surface area contributed by atoms with E-state index in [1.807, 2.05) is 36.6 Å². The van der Waals surface area contributed by atoms with E-state index in [0.29, 0.717) is 34.6 Å². The maximum Gasteiger partial charge on any atom is 0.263 e. The molecule has 3 aromatic heterocycles. The van der Waals surface area contributed by atoms with Crippen molar-refractivity contribution < 1.29 is 4.52 Å². The Morgan fingerprint density at radius 1 is 1.26 bits per heavy atom. The quantitative estimate of drug-likeness (QED) is 0.275. The summed E-state index contributed by atoms with van der Waals surface area (Å²) in [7, 11) is 0. The number of hydrogen-bond donors (Lipinski definition) is 0. The predicted octanol–water partition coefficient (Wildman–Crippen LogP) is 4.29. The van der Waals surface area contributed by atoms with E-state index in [-0.39, 0.29) is 5.56 Å². The van der Waals surface area contributed by atoms with Gasteiger partial charge < -0.3 is 4.52 Å². The summed E-state index contributed by atoms with van der Waals surface area (Å²) in [6.07, 6.45) is 1.69. The molecule has 3 heterocycles. The second-order valence-electron chi connectivity index (χ2n) is 5.90. The number of allylic oxidation sites excluding steroid dienone is 1. The molecule has 0 saturated carbocycles. The Hall–Kier alpha value is -2.71. The van der Waals surface area contributed by atoms with Gasteiger partial charge in [-0.15, -0.1) is 17.9 Å². The van der Waals surface area contributed by atoms with Gasteiger partial charge in [0.15, 0.2) is 5.16 Å². The molecule has 0 aliphatic carbocycles.